The van der Waals surface area contributed by atoms with Crippen molar-refractivity contribution in [1.82, 2.24) is 9.97 Å². The molecular formula is C17H16N2O2. The van der Waals surface area contributed by atoms with E-state index in [9.17, 15) is 4.79 Å². The van der Waals surface area contributed by atoms with Crippen LogP contribution in [0.2, 0.25) is 0 Å². The fraction of sp³-hybridized carbons (Fsp3) is 0.118. The summed E-state index contributed by atoms with van der Waals surface area (Å²) in [4.78, 5) is 19.5. The molecule has 0 aliphatic rings. The van der Waals surface area contributed by atoms with Crippen molar-refractivity contribution < 1.29 is 9.53 Å². The van der Waals surface area contributed by atoms with Crippen LogP contribution in [0.15, 0.2) is 42.7 Å². The minimum Gasteiger partial charge on any atom is -0.466 e. The monoisotopic (exact) mass is 280 g/mol. The highest BCUT2D eigenvalue weighted by atomic mass is 16.5. The number of hydrogen-bond donors (Lipinski definition) is 0. The van der Waals surface area contributed by atoms with Crippen LogP contribution in [0.5, 0.6) is 0 Å². The van der Waals surface area contributed by atoms with E-state index in [1.807, 2.05) is 43.3 Å². The molecule has 1 aromatic heterocycles. The summed E-state index contributed by atoms with van der Waals surface area (Å²) in [6.45, 7) is 1.92. The fourth-order valence-corrected chi connectivity index (χ4v) is 1.71. The minimum atomic E-state index is -0.364. The molecule has 0 radical (unpaired) electrons. The predicted octanol–water partition coefficient (Wildman–Crippen LogP) is 3.14. The van der Waals surface area contributed by atoms with Crippen LogP contribution in [-0.2, 0) is 9.53 Å². The quantitative estimate of drug-likeness (QED) is 0.637. The summed E-state index contributed by atoms with van der Waals surface area (Å²) in [5.41, 5.74) is 3.74. The van der Waals surface area contributed by atoms with Gasteiger partial charge in [0.25, 0.3) is 0 Å². The number of hydrogen-bond acceptors (Lipinski definition) is 4. The van der Waals surface area contributed by atoms with E-state index in [1.54, 1.807) is 18.5 Å². The summed E-state index contributed by atoms with van der Waals surface area (Å²) >= 11 is 0. The molecule has 106 valence electrons. The third kappa shape index (κ3) is 4.38. The van der Waals surface area contributed by atoms with E-state index in [0.717, 1.165) is 22.5 Å². The maximum absolute atomic E-state index is 11.0. The van der Waals surface area contributed by atoms with Gasteiger partial charge in [-0.2, -0.15) is 0 Å². The molecule has 0 saturated heterocycles. The molecule has 0 bridgehead atoms. The van der Waals surface area contributed by atoms with E-state index >= 15 is 0 Å². The van der Waals surface area contributed by atoms with Crippen molar-refractivity contribution in [3.05, 3.63) is 65.2 Å². The topological polar surface area (TPSA) is 52.1 Å². The smallest absolute Gasteiger partial charge is 0.330 e. The summed E-state index contributed by atoms with van der Waals surface area (Å²) < 4.78 is 4.54. The zero-order valence-corrected chi connectivity index (χ0v) is 12.0. The van der Waals surface area contributed by atoms with Gasteiger partial charge in [0.2, 0.25) is 0 Å². The molecule has 0 aliphatic carbocycles. The Kier molecular flexibility index (Phi) is 4.99. The third-order valence-corrected chi connectivity index (χ3v) is 2.90. The molecule has 4 nitrogen and oxygen atoms in total. The molecule has 0 fully saturated rings. The maximum atomic E-state index is 11.0. The number of esters is 1. The number of rotatable bonds is 4. The number of ether oxygens (including phenoxy) is 1. The van der Waals surface area contributed by atoms with Gasteiger partial charge in [0, 0.05) is 18.5 Å². The van der Waals surface area contributed by atoms with E-state index in [1.165, 1.54) is 13.2 Å². The number of aryl methyl sites for hydroxylation is 1. The van der Waals surface area contributed by atoms with Crippen LogP contribution in [0.4, 0.5) is 0 Å². The van der Waals surface area contributed by atoms with Gasteiger partial charge >= 0.3 is 5.97 Å². The Morgan fingerprint density at radius 2 is 1.62 bits per heavy atom. The average molecular weight is 280 g/mol. The van der Waals surface area contributed by atoms with Crippen molar-refractivity contribution in [1.29, 1.82) is 0 Å². The SMILES string of the molecule is COC(=O)/C=C/c1ccc(/C=C/c2nccnc2C)cc1. The molecule has 0 spiro atoms. The largest absolute Gasteiger partial charge is 0.466 e. The molecule has 0 N–H and O–H groups in total. The second-order valence-corrected chi connectivity index (χ2v) is 4.38. The van der Waals surface area contributed by atoms with Crippen LogP contribution in [0.3, 0.4) is 0 Å². The first kappa shape index (κ1) is 14.7. The standard InChI is InChI=1S/C17H16N2O2/c1-13-16(19-12-11-18-13)9-7-14-3-5-15(6-4-14)8-10-17(20)21-2/h3-12H,1-2H3/b9-7+,10-8+. The Balaban J connectivity index is 2.08. The van der Waals surface area contributed by atoms with Gasteiger partial charge in [0.15, 0.2) is 0 Å². The molecule has 2 rings (SSSR count). The lowest BCUT2D eigenvalue weighted by Gasteiger charge is -1.98. The number of aromatic nitrogens is 2. The lowest BCUT2D eigenvalue weighted by Crippen LogP contribution is -1.93. The van der Waals surface area contributed by atoms with Crippen LogP contribution < -0.4 is 0 Å². The highest BCUT2D eigenvalue weighted by Gasteiger charge is 1.95. The first-order valence-corrected chi connectivity index (χ1v) is 6.51. The van der Waals surface area contributed by atoms with Crippen molar-refractivity contribution in [2.45, 2.75) is 6.92 Å². The summed E-state index contributed by atoms with van der Waals surface area (Å²) in [6, 6.07) is 7.81. The van der Waals surface area contributed by atoms with E-state index in [0.29, 0.717) is 0 Å². The number of carbonyl (C=O) groups is 1. The van der Waals surface area contributed by atoms with Gasteiger partial charge in [0.05, 0.1) is 18.5 Å². The Labute approximate surface area is 123 Å². The van der Waals surface area contributed by atoms with Crippen molar-refractivity contribution in [3.63, 3.8) is 0 Å². The molecule has 0 atom stereocenters. The minimum absolute atomic E-state index is 0.364. The van der Waals surface area contributed by atoms with Gasteiger partial charge in [0.1, 0.15) is 0 Å². The van der Waals surface area contributed by atoms with Gasteiger partial charge in [-0.15, -0.1) is 0 Å². The fourth-order valence-electron chi connectivity index (χ4n) is 1.71. The molecule has 4 heteroatoms. The van der Waals surface area contributed by atoms with Crippen molar-refractivity contribution in [2.75, 3.05) is 7.11 Å². The summed E-state index contributed by atoms with van der Waals surface area (Å²) in [5, 5.41) is 0. The molecule has 0 saturated carbocycles. The first-order chi connectivity index (χ1) is 10.2. The highest BCUT2D eigenvalue weighted by Crippen LogP contribution is 2.11. The number of methoxy groups -OCH3 is 1. The van der Waals surface area contributed by atoms with Crippen molar-refractivity contribution >= 4 is 24.2 Å². The molecule has 1 aromatic carbocycles. The number of benzene rings is 1. The van der Waals surface area contributed by atoms with Crippen molar-refractivity contribution in [2.24, 2.45) is 0 Å². The Morgan fingerprint density at radius 3 is 2.24 bits per heavy atom. The lowest BCUT2D eigenvalue weighted by molar-refractivity contribution is -0.134. The first-order valence-electron chi connectivity index (χ1n) is 6.51. The van der Waals surface area contributed by atoms with Gasteiger partial charge in [-0.25, -0.2) is 4.79 Å². The molecular weight excluding hydrogens is 264 g/mol. The number of carbonyl (C=O) groups excluding carboxylic acids is 1. The summed E-state index contributed by atoms with van der Waals surface area (Å²) in [5.74, 6) is -0.364. The second-order valence-electron chi connectivity index (χ2n) is 4.38. The van der Waals surface area contributed by atoms with Crippen LogP contribution in [0.25, 0.3) is 18.2 Å². The van der Waals surface area contributed by atoms with Gasteiger partial charge < -0.3 is 4.74 Å². The van der Waals surface area contributed by atoms with E-state index in [4.69, 9.17) is 0 Å². The van der Waals surface area contributed by atoms with E-state index in [2.05, 4.69) is 14.7 Å². The summed E-state index contributed by atoms with van der Waals surface area (Å²) in [6.07, 6.45) is 10.4. The van der Waals surface area contributed by atoms with E-state index in [-0.39, 0.29) is 5.97 Å². The zero-order valence-electron chi connectivity index (χ0n) is 12.0. The highest BCUT2D eigenvalue weighted by molar-refractivity contribution is 5.87. The Morgan fingerprint density at radius 1 is 1.00 bits per heavy atom. The Hall–Kier alpha value is -2.75. The maximum Gasteiger partial charge on any atom is 0.330 e. The van der Waals surface area contributed by atoms with Crippen LogP contribution in [-0.4, -0.2) is 23.0 Å². The molecule has 2 aromatic rings. The molecule has 21 heavy (non-hydrogen) atoms. The third-order valence-electron chi connectivity index (χ3n) is 2.90. The summed E-state index contributed by atoms with van der Waals surface area (Å²) in [7, 11) is 1.36. The van der Waals surface area contributed by atoms with Crippen LogP contribution in [0.1, 0.15) is 22.5 Å². The normalized spacial score (nSPS) is 11.1. The average Bonchev–Trinajstić information content (AvgIpc) is 2.53. The molecule has 0 amide bonds. The van der Waals surface area contributed by atoms with Crippen LogP contribution in [0, 0.1) is 6.92 Å². The lowest BCUT2D eigenvalue weighted by atomic mass is 10.1. The zero-order chi connectivity index (χ0) is 15.1. The van der Waals surface area contributed by atoms with Crippen LogP contribution >= 0.6 is 0 Å². The Bertz CT molecular complexity index is 673. The van der Waals surface area contributed by atoms with Gasteiger partial charge in [-0.3, -0.25) is 9.97 Å². The van der Waals surface area contributed by atoms with E-state index < -0.39 is 0 Å². The van der Waals surface area contributed by atoms with Gasteiger partial charge in [-0.05, 0) is 30.2 Å². The predicted molar refractivity (Wildman–Crippen MR) is 83.2 cm³/mol. The molecule has 0 aliphatic heterocycles. The second kappa shape index (κ2) is 7.14. The van der Waals surface area contributed by atoms with Gasteiger partial charge in [-0.1, -0.05) is 30.3 Å². The molecule has 1 heterocycles. The van der Waals surface area contributed by atoms with Crippen molar-refractivity contribution in [3.8, 4) is 0 Å². The number of nitrogens with zero attached hydrogens (tertiary/aromatic N) is 2. The molecule has 0 unspecified atom stereocenters.